The molecule has 1 saturated heterocycles. The van der Waals surface area contributed by atoms with Gasteiger partial charge in [-0.2, -0.15) is 0 Å². The maximum atomic E-state index is 12.7. The Morgan fingerprint density at radius 1 is 1.70 bits per heavy atom. The van der Waals surface area contributed by atoms with Crippen molar-refractivity contribution in [2.75, 3.05) is 7.11 Å². The fourth-order valence-electron chi connectivity index (χ4n) is 1.21. The molecule has 10 heavy (non-hydrogen) atoms. The highest BCUT2D eigenvalue weighted by atomic mass is 19.1. The van der Waals surface area contributed by atoms with Crippen LogP contribution in [0.2, 0.25) is 0 Å². The zero-order valence-electron chi connectivity index (χ0n) is 6.56. The molecule has 3 heteroatoms. The Kier molecular flexibility index (Phi) is 1.97. The summed E-state index contributed by atoms with van der Waals surface area (Å²) in [5.74, 6) is -0.747. The maximum absolute atomic E-state index is 12.7. The minimum atomic E-state index is -1.16. The monoisotopic (exact) mass is 148 g/mol. The summed E-state index contributed by atoms with van der Waals surface area (Å²) < 4.78 is 22.6. The van der Waals surface area contributed by atoms with Crippen LogP contribution in [-0.4, -0.2) is 19.3 Å². The van der Waals surface area contributed by atoms with Crippen LogP contribution in [0.25, 0.3) is 0 Å². The Hall–Kier alpha value is -0.150. The zero-order chi connectivity index (χ0) is 7.78. The van der Waals surface area contributed by atoms with Crippen molar-refractivity contribution in [1.29, 1.82) is 0 Å². The first-order chi connectivity index (χ1) is 4.57. The van der Waals surface area contributed by atoms with Gasteiger partial charge in [0.05, 0.1) is 0 Å². The smallest absolute Gasteiger partial charge is 0.204 e. The van der Waals surface area contributed by atoms with Crippen LogP contribution in [0, 0.1) is 5.92 Å². The summed E-state index contributed by atoms with van der Waals surface area (Å²) in [6, 6.07) is 0. The fourth-order valence-corrected chi connectivity index (χ4v) is 1.21. The zero-order valence-corrected chi connectivity index (χ0v) is 6.56. The molecule has 1 aliphatic rings. The first kappa shape index (κ1) is 7.95. The van der Waals surface area contributed by atoms with Crippen molar-refractivity contribution in [3.63, 3.8) is 0 Å². The molecule has 0 spiro atoms. The third kappa shape index (κ3) is 1.30. The molecule has 0 radical (unpaired) electrons. The van der Waals surface area contributed by atoms with E-state index in [1.807, 2.05) is 6.92 Å². The molecule has 2 nitrogen and oxygen atoms in total. The molecule has 1 rings (SSSR count). The Labute approximate surface area is 60.3 Å². The third-order valence-electron chi connectivity index (χ3n) is 1.93. The van der Waals surface area contributed by atoms with Crippen molar-refractivity contribution >= 4 is 0 Å². The van der Waals surface area contributed by atoms with Gasteiger partial charge in [-0.3, -0.25) is 0 Å². The Bertz CT molecular complexity index is 117. The summed E-state index contributed by atoms with van der Waals surface area (Å²) in [6.45, 7) is 3.57. The van der Waals surface area contributed by atoms with Gasteiger partial charge in [-0.15, -0.1) is 0 Å². The molecule has 0 amide bonds. The highest BCUT2D eigenvalue weighted by molar-refractivity contribution is 4.77. The second-order valence-corrected chi connectivity index (χ2v) is 2.99. The molecule has 0 aliphatic carbocycles. The first-order valence-corrected chi connectivity index (χ1v) is 3.44. The molecule has 3 atom stereocenters. The minimum Gasteiger partial charge on any atom is -0.353 e. The third-order valence-corrected chi connectivity index (χ3v) is 1.93. The van der Waals surface area contributed by atoms with E-state index in [9.17, 15) is 4.39 Å². The van der Waals surface area contributed by atoms with Crippen LogP contribution in [0.5, 0.6) is 0 Å². The Balaban J connectivity index is 2.55. The number of ether oxygens (including phenoxy) is 2. The number of hydrogen-bond donors (Lipinski definition) is 0. The van der Waals surface area contributed by atoms with Crippen LogP contribution in [0.4, 0.5) is 4.39 Å². The lowest BCUT2D eigenvalue weighted by Crippen LogP contribution is -2.26. The summed E-state index contributed by atoms with van der Waals surface area (Å²) in [6.07, 6.45) is -0.532. The van der Waals surface area contributed by atoms with E-state index < -0.39 is 12.1 Å². The number of rotatable bonds is 1. The molecule has 0 N–H and O–H groups in total. The lowest BCUT2D eigenvalue weighted by atomic mass is 10.1. The average Bonchev–Trinajstić information content (AvgIpc) is 2.10. The summed E-state index contributed by atoms with van der Waals surface area (Å²) >= 11 is 0. The molecule has 3 unspecified atom stereocenters. The van der Waals surface area contributed by atoms with E-state index in [0.29, 0.717) is 6.42 Å². The van der Waals surface area contributed by atoms with E-state index in [0.717, 1.165) is 0 Å². The lowest BCUT2D eigenvalue weighted by Gasteiger charge is -2.20. The Morgan fingerprint density at radius 3 is 2.50 bits per heavy atom. The standard InChI is InChI=1S/C7H13FO2/c1-5-4-7(2,9-3)10-6(5)8/h5-6H,4H2,1-3H3. The van der Waals surface area contributed by atoms with Crippen molar-refractivity contribution in [3.8, 4) is 0 Å². The van der Waals surface area contributed by atoms with E-state index in [4.69, 9.17) is 9.47 Å². The summed E-state index contributed by atoms with van der Waals surface area (Å²) in [4.78, 5) is 0. The van der Waals surface area contributed by atoms with E-state index in [1.54, 1.807) is 6.92 Å². The Morgan fingerprint density at radius 2 is 2.30 bits per heavy atom. The SMILES string of the molecule is COC1(C)CC(C)C(F)O1. The molecule has 0 saturated carbocycles. The highest BCUT2D eigenvalue weighted by Gasteiger charge is 2.41. The van der Waals surface area contributed by atoms with Crippen LogP contribution in [0.3, 0.4) is 0 Å². The first-order valence-electron chi connectivity index (χ1n) is 3.44. The summed E-state index contributed by atoms with van der Waals surface area (Å²) in [5.41, 5.74) is 0. The molecule has 1 aliphatic heterocycles. The summed E-state index contributed by atoms with van der Waals surface area (Å²) in [5, 5.41) is 0. The number of alkyl halides is 1. The van der Waals surface area contributed by atoms with Crippen LogP contribution in [0.1, 0.15) is 20.3 Å². The van der Waals surface area contributed by atoms with Gasteiger partial charge in [0.25, 0.3) is 0 Å². The van der Waals surface area contributed by atoms with Gasteiger partial charge in [-0.25, -0.2) is 4.39 Å². The second kappa shape index (κ2) is 2.47. The molecular formula is C7H13FO2. The van der Waals surface area contributed by atoms with E-state index >= 15 is 0 Å². The minimum absolute atomic E-state index is 0.0510. The van der Waals surface area contributed by atoms with Gasteiger partial charge in [0.15, 0.2) is 5.79 Å². The fraction of sp³-hybridized carbons (Fsp3) is 1.00. The molecule has 0 aromatic carbocycles. The van der Waals surface area contributed by atoms with Gasteiger partial charge < -0.3 is 9.47 Å². The lowest BCUT2D eigenvalue weighted by molar-refractivity contribution is -0.222. The van der Waals surface area contributed by atoms with Gasteiger partial charge in [0.2, 0.25) is 6.36 Å². The van der Waals surface area contributed by atoms with E-state index in [2.05, 4.69) is 0 Å². The quantitative estimate of drug-likeness (QED) is 0.563. The van der Waals surface area contributed by atoms with Gasteiger partial charge >= 0.3 is 0 Å². The molecule has 60 valence electrons. The van der Waals surface area contributed by atoms with Crippen LogP contribution < -0.4 is 0 Å². The van der Waals surface area contributed by atoms with Crippen molar-refractivity contribution in [1.82, 2.24) is 0 Å². The van der Waals surface area contributed by atoms with E-state index in [1.165, 1.54) is 7.11 Å². The van der Waals surface area contributed by atoms with Gasteiger partial charge in [-0.1, -0.05) is 6.92 Å². The van der Waals surface area contributed by atoms with E-state index in [-0.39, 0.29) is 5.92 Å². The van der Waals surface area contributed by atoms with Crippen molar-refractivity contribution in [2.45, 2.75) is 32.4 Å². The predicted octanol–water partition coefficient (Wildman–Crippen LogP) is 1.70. The molecule has 1 fully saturated rings. The van der Waals surface area contributed by atoms with Crippen molar-refractivity contribution in [2.24, 2.45) is 5.92 Å². The number of hydrogen-bond acceptors (Lipinski definition) is 2. The van der Waals surface area contributed by atoms with Crippen LogP contribution in [0.15, 0.2) is 0 Å². The van der Waals surface area contributed by atoms with Gasteiger partial charge in [0, 0.05) is 19.4 Å². The second-order valence-electron chi connectivity index (χ2n) is 2.99. The largest absolute Gasteiger partial charge is 0.353 e. The molecule has 1 heterocycles. The summed E-state index contributed by atoms with van der Waals surface area (Å²) in [7, 11) is 1.53. The van der Waals surface area contributed by atoms with Gasteiger partial charge in [0.1, 0.15) is 0 Å². The highest BCUT2D eigenvalue weighted by Crippen LogP contribution is 2.35. The maximum Gasteiger partial charge on any atom is 0.204 e. The topological polar surface area (TPSA) is 18.5 Å². The predicted molar refractivity (Wildman–Crippen MR) is 35.2 cm³/mol. The molecular weight excluding hydrogens is 135 g/mol. The molecule has 0 bridgehead atoms. The van der Waals surface area contributed by atoms with Crippen LogP contribution in [-0.2, 0) is 9.47 Å². The molecule has 0 aromatic rings. The number of halogens is 1. The molecule has 0 aromatic heterocycles. The van der Waals surface area contributed by atoms with Gasteiger partial charge in [-0.05, 0) is 6.92 Å². The number of methoxy groups -OCH3 is 1. The van der Waals surface area contributed by atoms with Crippen molar-refractivity contribution < 1.29 is 13.9 Å². The average molecular weight is 148 g/mol. The van der Waals surface area contributed by atoms with Crippen molar-refractivity contribution in [3.05, 3.63) is 0 Å². The van der Waals surface area contributed by atoms with Crippen LogP contribution >= 0.6 is 0 Å². The normalized spacial score (nSPS) is 48.0.